The van der Waals surface area contributed by atoms with Crippen molar-refractivity contribution in [2.24, 2.45) is 0 Å². The Morgan fingerprint density at radius 3 is 1.83 bits per heavy atom. The van der Waals surface area contributed by atoms with Gasteiger partial charge in [0.1, 0.15) is 0 Å². The molecular weight excluding hydrogens is 318 g/mol. The van der Waals surface area contributed by atoms with E-state index in [-0.39, 0.29) is 20.4 Å². The van der Waals surface area contributed by atoms with Crippen LogP contribution in [0, 0.1) is 6.42 Å². The summed E-state index contributed by atoms with van der Waals surface area (Å²) in [6, 6.07) is 8.63. The van der Waals surface area contributed by atoms with Crippen LogP contribution in [0.3, 0.4) is 0 Å². The summed E-state index contributed by atoms with van der Waals surface area (Å²) in [6.45, 7) is 4.00. The van der Waals surface area contributed by atoms with Crippen LogP contribution in [0.5, 0.6) is 0 Å². The average Bonchev–Trinajstić information content (AvgIpc) is 2.55. The molecule has 0 saturated carbocycles. The molecule has 0 heterocycles. The second-order valence-corrected chi connectivity index (χ2v) is 2.47. The summed E-state index contributed by atoms with van der Waals surface area (Å²) in [6.07, 6.45) is 4.68. The molecule has 0 aliphatic heterocycles. The van der Waals surface area contributed by atoms with Gasteiger partial charge in [0.2, 0.25) is 0 Å². The molecule has 1 aliphatic carbocycles. The number of hydrogen-bond donors (Lipinski definition) is 0. The Hall–Kier alpha value is -0.118. The van der Waals surface area contributed by atoms with Crippen LogP contribution in [0.1, 0.15) is 25.0 Å². The van der Waals surface area contributed by atoms with Gasteiger partial charge in [-0.2, -0.15) is 12.8 Å². The van der Waals surface area contributed by atoms with Gasteiger partial charge in [-0.05, 0) is 0 Å². The van der Waals surface area contributed by atoms with Crippen molar-refractivity contribution in [3.8, 4) is 0 Å². The topological polar surface area (TPSA) is 0 Å². The van der Waals surface area contributed by atoms with Crippen LogP contribution in [-0.4, -0.2) is 0 Å². The molecule has 2 rings (SSSR count). The van der Waals surface area contributed by atoms with Crippen LogP contribution >= 0.6 is 0 Å². The molecule has 0 saturated heterocycles. The van der Waals surface area contributed by atoms with Crippen molar-refractivity contribution in [3.05, 3.63) is 41.8 Å². The fourth-order valence-electron chi connectivity index (χ4n) is 1.34. The molecule has 0 aromatic heterocycles. The number of rotatable bonds is 0. The van der Waals surface area contributed by atoms with Crippen molar-refractivity contribution in [2.75, 3.05) is 0 Å². The molecule has 67 valence electrons. The summed E-state index contributed by atoms with van der Waals surface area (Å²) in [5.41, 5.74) is 3.02. The molecular formula is C11H15Re-. The normalized spacial score (nSPS) is 12.2. The number of fused-ring (bicyclic) bond motifs is 1. The van der Waals surface area contributed by atoms with Crippen molar-refractivity contribution in [1.29, 1.82) is 0 Å². The minimum absolute atomic E-state index is 0. The Balaban J connectivity index is 0.000000378. The Morgan fingerprint density at radius 2 is 1.42 bits per heavy atom. The van der Waals surface area contributed by atoms with E-state index in [2.05, 4.69) is 30.7 Å². The Labute approximate surface area is 89.0 Å². The van der Waals surface area contributed by atoms with Gasteiger partial charge in [-0.1, -0.05) is 49.2 Å². The van der Waals surface area contributed by atoms with Crippen molar-refractivity contribution in [3.63, 3.8) is 0 Å². The molecule has 1 heteroatoms. The van der Waals surface area contributed by atoms with Gasteiger partial charge in [-0.3, -0.25) is 0 Å². The van der Waals surface area contributed by atoms with Gasteiger partial charge in [-0.15, -0.1) is 0 Å². The average molecular weight is 333 g/mol. The Morgan fingerprint density at radius 1 is 1.00 bits per heavy atom. The van der Waals surface area contributed by atoms with E-state index in [1.807, 2.05) is 13.8 Å². The third kappa shape index (κ3) is 2.74. The molecule has 0 N–H and O–H groups in total. The van der Waals surface area contributed by atoms with Crippen LogP contribution in [0.15, 0.2) is 24.3 Å². The largest absolute Gasteiger partial charge is 0.320 e. The van der Waals surface area contributed by atoms with E-state index < -0.39 is 0 Å². The third-order valence-corrected chi connectivity index (χ3v) is 1.85. The molecule has 0 unspecified atom stereocenters. The van der Waals surface area contributed by atoms with E-state index in [4.69, 9.17) is 0 Å². The molecule has 0 bridgehead atoms. The van der Waals surface area contributed by atoms with E-state index >= 15 is 0 Å². The van der Waals surface area contributed by atoms with Crippen molar-refractivity contribution >= 4 is 0 Å². The van der Waals surface area contributed by atoms with E-state index in [0.29, 0.717) is 0 Å². The summed E-state index contributed by atoms with van der Waals surface area (Å²) in [4.78, 5) is 0. The van der Waals surface area contributed by atoms with Crippen LogP contribution in [0.25, 0.3) is 0 Å². The van der Waals surface area contributed by atoms with Gasteiger partial charge >= 0.3 is 0 Å². The van der Waals surface area contributed by atoms with Gasteiger partial charge in [-0.25, -0.2) is 0 Å². The first-order valence-electron chi connectivity index (χ1n) is 4.35. The maximum Gasteiger partial charge on any atom is 0 e. The van der Waals surface area contributed by atoms with E-state index in [1.54, 1.807) is 0 Å². The molecule has 0 fully saturated rings. The number of benzene rings is 1. The van der Waals surface area contributed by atoms with Crippen molar-refractivity contribution < 1.29 is 20.4 Å². The Bertz CT molecular complexity index is 195. The molecule has 0 nitrogen and oxygen atoms in total. The second kappa shape index (κ2) is 6.40. The van der Waals surface area contributed by atoms with Crippen LogP contribution in [0.2, 0.25) is 0 Å². The van der Waals surface area contributed by atoms with E-state index in [9.17, 15) is 0 Å². The summed E-state index contributed by atoms with van der Waals surface area (Å²) < 4.78 is 0. The summed E-state index contributed by atoms with van der Waals surface area (Å²) in [5, 5.41) is 0. The predicted molar refractivity (Wildman–Crippen MR) is 49.5 cm³/mol. The summed E-state index contributed by atoms with van der Waals surface area (Å²) in [7, 11) is 0. The molecule has 1 radical (unpaired) electrons. The van der Waals surface area contributed by atoms with Crippen LogP contribution in [0.4, 0.5) is 0 Å². The SMILES string of the molecule is CC.[Re].c1ccc2c(c1)C[CH-]C2. The van der Waals surface area contributed by atoms with Gasteiger partial charge in [0.25, 0.3) is 0 Å². The smallest absolute Gasteiger partial charge is 0 e. The molecule has 12 heavy (non-hydrogen) atoms. The fourth-order valence-corrected chi connectivity index (χ4v) is 1.34. The third-order valence-electron chi connectivity index (χ3n) is 1.85. The quantitative estimate of drug-likeness (QED) is 0.640. The minimum atomic E-state index is 0. The van der Waals surface area contributed by atoms with Gasteiger partial charge in [0, 0.05) is 20.4 Å². The van der Waals surface area contributed by atoms with Gasteiger partial charge in [0.05, 0.1) is 0 Å². The molecule has 0 atom stereocenters. The van der Waals surface area contributed by atoms with Crippen molar-refractivity contribution in [2.45, 2.75) is 26.7 Å². The standard InChI is InChI=1S/C9H9.C2H6.Re/c1-2-5-9-7-3-6-8(9)4-1;1-2;/h1-5H,6-7H2;1-2H3;/q-1;;. The predicted octanol–water partition coefficient (Wildman–Crippen LogP) is 3.01. The van der Waals surface area contributed by atoms with Gasteiger partial charge in [0.15, 0.2) is 0 Å². The summed E-state index contributed by atoms with van der Waals surface area (Å²) >= 11 is 0. The monoisotopic (exact) mass is 334 g/mol. The molecule has 0 spiro atoms. The van der Waals surface area contributed by atoms with Crippen LogP contribution in [-0.2, 0) is 33.3 Å². The van der Waals surface area contributed by atoms with Crippen LogP contribution < -0.4 is 0 Å². The van der Waals surface area contributed by atoms with E-state index in [1.165, 1.54) is 24.0 Å². The zero-order valence-corrected chi connectivity index (χ0v) is 10.4. The fraction of sp³-hybridized carbons (Fsp3) is 0.364. The Kier molecular flexibility index (Phi) is 6.34. The molecule has 0 amide bonds. The summed E-state index contributed by atoms with van der Waals surface area (Å²) in [5.74, 6) is 0. The molecule has 1 aromatic carbocycles. The minimum Gasteiger partial charge on any atom is -0.320 e. The van der Waals surface area contributed by atoms with Gasteiger partial charge < -0.3 is 6.42 Å². The maximum atomic E-state index is 2.32. The second-order valence-electron chi connectivity index (χ2n) is 2.47. The first-order chi connectivity index (χ1) is 5.47. The zero-order valence-electron chi connectivity index (χ0n) is 7.68. The molecule has 1 aromatic rings. The maximum absolute atomic E-state index is 2.32. The number of hydrogen-bond acceptors (Lipinski definition) is 0. The molecule has 1 aliphatic rings. The van der Waals surface area contributed by atoms with Crippen molar-refractivity contribution in [1.82, 2.24) is 0 Å². The first-order valence-corrected chi connectivity index (χ1v) is 4.35. The zero-order chi connectivity index (χ0) is 8.10. The van der Waals surface area contributed by atoms with E-state index in [0.717, 1.165) is 0 Å². The first kappa shape index (κ1) is 11.9.